The molecule has 1 atom stereocenters. The number of guanidine groups is 1. The van der Waals surface area contributed by atoms with Crippen LogP contribution in [0.15, 0.2) is 29.3 Å². The molecule has 1 unspecified atom stereocenters. The molecule has 0 amide bonds. The van der Waals surface area contributed by atoms with Gasteiger partial charge >= 0.3 is 0 Å². The number of benzene rings is 1. The van der Waals surface area contributed by atoms with Crippen molar-refractivity contribution in [2.24, 2.45) is 16.6 Å². The predicted octanol–water partition coefficient (Wildman–Crippen LogP) is 2.47. The maximum absolute atomic E-state index is 6.05. The fourth-order valence-corrected chi connectivity index (χ4v) is 2.85. The highest BCUT2D eigenvalue weighted by atomic mass is 16.5. The first-order valence-corrected chi connectivity index (χ1v) is 8.50. The Hall–Kier alpha value is -1.59. The van der Waals surface area contributed by atoms with Crippen molar-refractivity contribution in [3.05, 3.63) is 29.8 Å². The maximum atomic E-state index is 6.05. The second kappa shape index (κ2) is 8.89. The number of ether oxygens (including phenoxy) is 1. The molecule has 1 saturated heterocycles. The van der Waals surface area contributed by atoms with Crippen molar-refractivity contribution < 1.29 is 4.74 Å². The molecule has 0 aromatic heterocycles. The average Bonchev–Trinajstić information content (AvgIpc) is 2.54. The maximum Gasteiger partial charge on any atom is 0.193 e. The first kappa shape index (κ1) is 17.8. The van der Waals surface area contributed by atoms with Crippen LogP contribution >= 0.6 is 0 Å². The number of hydrogen-bond donors (Lipinski definition) is 2. The summed E-state index contributed by atoms with van der Waals surface area (Å²) in [6.45, 7) is 10.9. The molecule has 5 nitrogen and oxygen atoms in total. The summed E-state index contributed by atoms with van der Waals surface area (Å²) in [5.74, 6) is 1.13. The van der Waals surface area contributed by atoms with E-state index in [0.717, 1.165) is 45.0 Å². The lowest BCUT2D eigenvalue weighted by Crippen LogP contribution is -2.45. The second-order valence-electron chi connectivity index (χ2n) is 6.65. The molecular formula is C18H30N4O. The lowest BCUT2D eigenvalue weighted by Gasteiger charge is -2.34. The highest BCUT2D eigenvalue weighted by Crippen LogP contribution is 2.14. The zero-order valence-corrected chi connectivity index (χ0v) is 14.6. The van der Waals surface area contributed by atoms with E-state index in [1.165, 1.54) is 5.56 Å². The summed E-state index contributed by atoms with van der Waals surface area (Å²) >= 11 is 0. The van der Waals surface area contributed by atoms with Crippen LogP contribution in [0.4, 0.5) is 5.69 Å². The van der Waals surface area contributed by atoms with Gasteiger partial charge in [0.15, 0.2) is 5.96 Å². The van der Waals surface area contributed by atoms with Crippen molar-refractivity contribution in [1.29, 1.82) is 0 Å². The summed E-state index contributed by atoms with van der Waals surface area (Å²) in [7, 11) is 0. The standard InChI is InChI=1S/C18H30N4O/c1-14(2)12-17(22-8-10-23-11-9-22)13-20-18(19)21-16-6-4-15(3)5-7-16/h4-7,14,17H,8-13H2,1-3H3,(H3,19,20,21). The number of hydrogen-bond acceptors (Lipinski definition) is 3. The largest absolute Gasteiger partial charge is 0.379 e. The van der Waals surface area contributed by atoms with E-state index in [0.29, 0.717) is 17.9 Å². The van der Waals surface area contributed by atoms with Gasteiger partial charge in [-0.1, -0.05) is 31.5 Å². The van der Waals surface area contributed by atoms with Crippen molar-refractivity contribution in [2.45, 2.75) is 33.2 Å². The monoisotopic (exact) mass is 318 g/mol. The summed E-state index contributed by atoms with van der Waals surface area (Å²) in [6.07, 6.45) is 1.13. The molecule has 1 heterocycles. The number of anilines is 1. The number of nitrogens with one attached hydrogen (secondary N) is 1. The van der Waals surface area contributed by atoms with Gasteiger partial charge in [-0.2, -0.15) is 0 Å². The molecule has 1 fully saturated rings. The molecule has 0 aliphatic carbocycles. The normalized spacial score (nSPS) is 18.2. The molecule has 1 aliphatic rings. The zero-order valence-electron chi connectivity index (χ0n) is 14.6. The van der Waals surface area contributed by atoms with E-state index in [1.807, 2.05) is 12.1 Å². The molecule has 23 heavy (non-hydrogen) atoms. The van der Waals surface area contributed by atoms with Crippen LogP contribution in [0.2, 0.25) is 0 Å². The molecule has 1 aromatic rings. The molecule has 0 radical (unpaired) electrons. The van der Waals surface area contributed by atoms with Gasteiger partial charge in [-0.05, 0) is 31.4 Å². The molecule has 0 spiro atoms. The quantitative estimate of drug-likeness (QED) is 0.625. The first-order valence-electron chi connectivity index (χ1n) is 8.50. The van der Waals surface area contributed by atoms with Gasteiger partial charge in [0.25, 0.3) is 0 Å². The summed E-state index contributed by atoms with van der Waals surface area (Å²) in [4.78, 5) is 7.05. The first-order chi connectivity index (χ1) is 11.0. The summed E-state index contributed by atoms with van der Waals surface area (Å²) in [5, 5.41) is 3.17. The Kier molecular flexibility index (Phi) is 6.86. The fourth-order valence-electron chi connectivity index (χ4n) is 2.85. The van der Waals surface area contributed by atoms with Crippen LogP contribution in [0, 0.1) is 12.8 Å². The third-order valence-corrected chi connectivity index (χ3v) is 4.10. The molecule has 3 N–H and O–H groups in total. The fraction of sp³-hybridized carbons (Fsp3) is 0.611. The number of rotatable bonds is 6. The van der Waals surface area contributed by atoms with Crippen LogP contribution in [-0.4, -0.2) is 49.7 Å². The Morgan fingerprint density at radius 3 is 2.52 bits per heavy atom. The van der Waals surface area contributed by atoms with E-state index in [2.05, 4.69) is 48.1 Å². The second-order valence-corrected chi connectivity index (χ2v) is 6.65. The molecule has 1 aliphatic heterocycles. The topological polar surface area (TPSA) is 62.9 Å². The lowest BCUT2D eigenvalue weighted by molar-refractivity contribution is 0.0143. The minimum atomic E-state index is 0.428. The van der Waals surface area contributed by atoms with Gasteiger partial charge in [-0.25, -0.2) is 0 Å². The Morgan fingerprint density at radius 1 is 1.26 bits per heavy atom. The molecule has 1 aromatic carbocycles. The van der Waals surface area contributed by atoms with Crippen molar-refractivity contribution in [2.75, 3.05) is 38.2 Å². The number of nitrogens with zero attached hydrogens (tertiary/aromatic N) is 2. The molecule has 2 rings (SSSR count). The van der Waals surface area contributed by atoms with Gasteiger partial charge in [-0.15, -0.1) is 0 Å². The van der Waals surface area contributed by atoms with Crippen LogP contribution in [0.3, 0.4) is 0 Å². The van der Waals surface area contributed by atoms with Crippen LogP contribution in [0.1, 0.15) is 25.8 Å². The van der Waals surface area contributed by atoms with E-state index in [4.69, 9.17) is 10.5 Å². The molecule has 0 saturated carbocycles. The molecule has 0 bridgehead atoms. The third kappa shape index (κ3) is 6.20. The van der Waals surface area contributed by atoms with Crippen LogP contribution in [-0.2, 0) is 4.74 Å². The zero-order chi connectivity index (χ0) is 16.7. The van der Waals surface area contributed by atoms with E-state index >= 15 is 0 Å². The molecular weight excluding hydrogens is 288 g/mol. The Morgan fingerprint density at radius 2 is 1.91 bits per heavy atom. The molecule has 5 heteroatoms. The minimum absolute atomic E-state index is 0.428. The third-order valence-electron chi connectivity index (χ3n) is 4.10. The predicted molar refractivity (Wildman–Crippen MR) is 96.9 cm³/mol. The Balaban J connectivity index is 1.93. The van der Waals surface area contributed by atoms with E-state index in [9.17, 15) is 0 Å². The van der Waals surface area contributed by atoms with E-state index in [1.54, 1.807) is 0 Å². The van der Waals surface area contributed by atoms with Crippen molar-refractivity contribution in [3.63, 3.8) is 0 Å². The molecule has 128 valence electrons. The van der Waals surface area contributed by atoms with Crippen LogP contribution in [0.5, 0.6) is 0 Å². The van der Waals surface area contributed by atoms with Gasteiger partial charge in [-0.3, -0.25) is 9.89 Å². The summed E-state index contributed by atoms with van der Waals surface area (Å²) in [6, 6.07) is 8.59. The number of nitrogens with two attached hydrogens (primary N) is 1. The van der Waals surface area contributed by atoms with Crippen LogP contribution in [0.25, 0.3) is 0 Å². The lowest BCUT2D eigenvalue weighted by atomic mass is 10.0. The minimum Gasteiger partial charge on any atom is -0.379 e. The summed E-state index contributed by atoms with van der Waals surface area (Å²) < 4.78 is 5.45. The van der Waals surface area contributed by atoms with Gasteiger partial charge in [0, 0.05) is 24.8 Å². The van der Waals surface area contributed by atoms with Gasteiger partial charge in [0.2, 0.25) is 0 Å². The summed E-state index contributed by atoms with van der Waals surface area (Å²) in [5.41, 5.74) is 8.26. The van der Waals surface area contributed by atoms with Gasteiger partial charge < -0.3 is 15.8 Å². The van der Waals surface area contributed by atoms with Crippen molar-refractivity contribution >= 4 is 11.6 Å². The van der Waals surface area contributed by atoms with Crippen molar-refractivity contribution in [1.82, 2.24) is 4.90 Å². The van der Waals surface area contributed by atoms with Crippen molar-refractivity contribution in [3.8, 4) is 0 Å². The Labute approximate surface area is 139 Å². The van der Waals surface area contributed by atoms with E-state index < -0.39 is 0 Å². The SMILES string of the molecule is Cc1ccc(NC(N)=NCC(CC(C)C)N2CCOCC2)cc1. The highest BCUT2D eigenvalue weighted by molar-refractivity contribution is 5.92. The average molecular weight is 318 g/mol. The van der Waals surface area contributed by atoms with Gasteiger partial charge in [0.1, 0.15) is 0 Å². The smallest absolute Gasteiger partial charge is 0.193 e. The van der Waals surface area contributed by atoms with E-state index in [-0.39, 0.29) is 0 Å². The number of morpholine rings is 1. The van der Waals surface area contributed by atoms with Crippen LogP contribution < -0.4 is 11.1 Å². The number of aryl methyl sites for hydroxylation is 1. The number of aliphatic imine (C=N–C) groups is 1. The Bertz CT molecular complexity index is 492. The highest BCUT2D eigenvalue weighted by Gasteiger charge is 2.21. The van der Waals surface area contributed by atoms with Gasteiger partial charge in [0.05, 0.1) is 19.8 Å².